The van der Waals surface area contributed by atoms with E-state index < -0.39 is 0 Å². The van der Waals surface area contributed by atoms with E-state index in [9.17, 15) is 0 Å². The molecule has 1 atom stereocenters. The highest BCUT2D eigenvalue weighted by molar-refractivity contribution is 5.41. The minimum atomic E-state index is 0.255. The second-order valence-corrected chi connectivity index (χ2v) is 7.69. The van der Waals surface area contributed by atoms with E-state index in [1.807, 2.05) is 41.5 Å². The van der Waals surface area contributed by atoms with Crippen LogP contribution in [0.25, 0.3) is 0 Å². The Morgan fingerprint density at radius 3 is 1.79 bits per heavy atom. The SMILES string of the molecule is CC.CC.CC.CCCCC(C)(C)c1ccc(C)c(C(C)c2ccc(C)cc2)c1. The first-order valence-corrected chi connectivity index (χ1v) is 12.0. The van der Waals surface area contributed by atoms with Gasteiger partial charge in [0, 0.05) is 5.92 Å². The lowest BCUT2D eigenvalue weighted by molar-refractivity contribution is 0.457. The lowest BCUT2D eigenvalue weighted by Gasteiger charge is -2.27. The highest BCUT2D eigenvalue weighted by Gasteiger charge is 2.22. The van der Waals surface area contributed by atoms with Crippen LogP contribution < -0.4 is 0 Å². The predicted octanol–water partition coefficient (Wildman–Crippen LogP) is 10.0. The molecule has 2 aromatic rings. The van der Waals surface area contributed by atoms with Crippen molar-refractivity contribution in [3.63, 3.8) is 0 Å². The molecule has 0 N–H and O–H groups in total. The highest BCUT2D eigenvalue weighted by Crippen LogP contribution is 2.34. The molecule has 0 fully saturated rings. The third kappa shape index (κ3) is 9.66. The molecule has 0 saturated carbocycles. The van der Waals surface area contributed by atoms with Crippen molar-refractivity contribution in [2.75, 3.05) is 0 Å². The van der Waals surface area contributed by atoms with Crippen LogP contribution in [0.3, 0.4) is 0 Å². The average molecular weight is 399 g/mol. The Balaban J connectivity index is 0. The van der Waals surface area contributed by atoms with Crippen molar-refractivity contribution in [2.24, 2.45) is 0 Å². The lowest BCUT2D eigenvalue weighted by atomic mass is 9.77. The monoisotopic (exact) mass is 398 g/mol. The first-order valence-electron chi connectivity index (χ1n) is 12.0. The van der Waals surface area contributed by atoms with Crippen LogP contribution in [-0.4, -0.2) is 0 Å². The molecule has 0 radical (unpaired) electrons. The highest BCUT2D eigenvalue weighted by atomic mass is 14.3. The van der Waals surface area contributed by atoms with Gasteiger partial charge in [-0.2, -0.15) is 0 Å². The fourth-order valence-electron chi connectivity index (χ4n) is 3.33. The van der Waals surface area contributed by atoms with E-state index >= 15 is 0 Å². The number of benzene rings is 2. The normalized spacial score (nSPS) is 11.0. The molecule has 2 aromatic carbocycles. The fraction of sp³-hybridized carbons (Fsp3) is 0.586. The molecule has 0 saturated heterocycles. The quantitative estimate of drug-likeness (QED) is 0.454. The van der Waals surface area contributed by atoms with Crippen LogP contribution in [-0.2, 0) is 5.41 Å². The van der Waals surface area contributed by atoms with Crippen molar-refractivity contribution < 1.29 is 0 Å². The standard InChI is InChI=1S/C23H32.3C2H6/c1-7-8-15-23(5,6)21-14-11-18(3)22(16-21)19(4)20-12-9-17(2)10-13-20;3*1-2/h9-14,16,19H,7-8,15H2,1-6H3;3*1-2H3. The molecule has 1 unspecified atom stereocenters. The molecule has 0 nitrogen and oxygen atoms in total. The maximum Gasteiger partial charge on any atom is 0.00637 e. The smallest absolute Gasteiger partial charge is 0.00637 e. The molecule has 0 amide bonds. The summed E-state index contributed by atoms with van der Waals surface area (Å²) in [6, 6.07) is 16.1. The van der Waals surface area contributed by atoms with Crippen molar-refractivity contribution >= 4 is 0 Å². The molecule has 0 heterocycles. The number of aryl methyl sites for hydroxylation is 2. The van der Waals surface area contributed by atoms with Gasteiger partial charge in [-0.15, -0.1) is 0 Å². The minimum Gasteiger partial charge on any atom is -0.0683 e. The van der Waals surface area contributed by atoms with Gasteiger partial charge in [-0.3, -0.25) is 0 Å². The zero-order chi connectivity index (χ0) is 23.0. The van der Waals surface area contributed by atoms with E-state index in [4.69, 9.17) is 0 Å². The molecule has 0 aliphatic carbocycles. The van der Waals surface area contributed by atoms with E-state index in [-0.39, 0.29) is 5.41 Å². The largest absolute Gasteiger partial charge is 0.0683 e. The van der Waals surface area contributed by atoms with Gasteiger partial charge in [-0.1, -0.05) is 130 Å². The van der Waals surface area contributed by atoms with Crippen molar-refractivity contribution in [3.8, 4) is 0 Å². The summed E-state index contributed by atoms with van der Waals surface area (Å²) in [6.45, 7) is 25.8. The summed E-state index contributed by atoms with van der Waals surface area (Å²) in [5.41, 5.74) is 7.33. The van der Waals surface area contributed by atoms with Gasteiger partial charge in [-0.05, 0) is 47.9 Å². The summed E-state index contributed by atoms with van der Waals surface area (Å²) in [5, 5.41) is 0. The van der Waals surface area contributed by atoms with Gasteiger partial charge < -0.3 is 0 Å². The summed E-state index contributed by atoms with van der Waals surface area (Å²) in [4.78, 5) is 0. The van der Waals surface area contributed by atoms with Crippen LogP contribution in [0.4, 0.5) is 0 Å². The molecular weight excluding hydrogens is 348 g/mol. The first-order chi connectivity index (χ1) is 13.8. The van der Waals surface area contributed by atoms with E-state index in [1.54, 1.807) is 0 Å². The Morgan fingerprint density at radius 2 is 1.31 bits per heavy atom. The molecule has 2 rings (SSSR count). The third-order valence-electron chi connectivity index (χ3n) is 5.26. The fourth-order valence-corrected chi connectivity index (χ4v) is 3.33. The molecule has 0 aliphatic heterocycles. The Kier molecular flexibility index (Phi) is 16.6. The summed E-state index contributed by atoms with van der Waals surface area (Å²) in [7, 11) is 0. The Hall–Kier alpha value is -1.56. The van der Waals surface area contributed by atoms with E-state index in [0.29, 0.717) is 5.92 Å². The minimum absolute atomic E-state index is 0.255. The van der Waals surface area contributed by atoms with E-state index in [2.05, 4.69) is 84.0 Å². The molecular formula is C29H50. The van der Waals surface area contributed by atoms with Crippen LogP contribution >= 0.6 is 0 Å². The molecule has 0 spiro atoms. The third-order valence-corrected chi connectivity index (χ3v) is 5.26. The van der Waals surface area contributed by atoms with Crippen molar-refractivity contribution in [3.05, 3.63) is 70.3 Å². The lowest BCUT2D eigenvalue weighted by Crippen LogP contribution is -2.17. The molecule has 0 aliphatic rings. The zero-order valence-corrected chi connectivity index (χ0v) is 21.7. The molecule has 0 heteroatoms. The molecule has 29 heavy (non-hydrogen) atoms. The van der Waals surface area contributed by atoms with Crippen molar-refractivity contribution in [1.29, 1.82) is 0 Å². The van der Waals surface area contributed by atoms with Gasteiger partial charge in [0.1, 0.15) is 0 Å². The van der Waals surface area contributed by atoms with Gasteiger partial charge in [0.25, 0.3) is 0 Å². The van der Waals surface area contributed by atoms with Gasteiger partial charge in [0.15, 0.2) is 0 Å². The molecule has 0 aromatic heterocycles. The maximum absolute atomic E-state index is 2.45. The maximum atomic E-state index is 2.45. The summed E-state index contributed by atoms with van der Waals surface area (Å²) >= 11 is 0. The molecule has 166 valence electrons. The Labute approximate surface area is 184 Å². The summed E-state index contributed by atoms with van der Waals surface area (Å²) in [6.07, 6.45) is 3.82. The van der Waals surface area contributed by atoms with Crippen LogP contribution in [0.15, 0.2) is 42.5 Å². The van der Waals surface area contributed by atoms with E-state index in [1.165, 1.54) is 47.1 Å². The van der Waals surface area contributed by atoms with Gasteiger partial charge in [0.2, 0.25) is 0 Å². The second-order valence-electron chi connectivity index (χ2n) is 7.69. The number of hydrogen-bond donors (Lipinski definition) is 0. The van der Waals surface area contributed by atoms with Crippen molar-refractivity contribution in [2.45, 2.75) is 114 Å². The summed E-state index contributed by atoms with van der Waals surface area (Å²) < 4.78 is 0. The van der Waals surface area contributed by atoms with E-state index in [0.717, 1.165) is 0 Å². The van der Waals surface area contributed by atoms with Gasteiger partial charge in [-0.25, -0.2) is 0 Å². The van der Waals surface area contributed by atoms with Crippen LogP contribution in [0.5, 0.6) is 0 Å². The summed E-state index contributed by atoms with van der Waals surface area (Å²) in [5.74, 6) is 0.442. The zero-order valence-electron chi connectivity index (χ0n) is 21.7. The van der Waals surface area contributed by atoms with Crippen molar-refractivity contribution in [1.82, 2.24) is 0 Å². The number of hydrogen-bond acceptors (Lipinski definition) is 0. The Bertz CT molecular complexity index is 632. The van der Waals surface area contributed by atoms with Gasteiger partial charge in [0.05, 0.1) is 0 Å². The van der Waals surface area contributed by atoms with Crippen LogP contribution in [0.1, 0.15) is 122 Å². The number of unbranched alkanes of at least 4 members (excludes halogenated alkanes) is 1. The average Bonchev–Trinajstić information content (AvgIpc) is 2.77. The van der Waals surface area contributed by atoms with Crippen LogP contribution in [0.2, 0.25) is 0 Å². The van der Waals surface area contributed by atoms with Gasteiger partial charge >= 0.3 is 0 Å². The molecule has 0 bridgehead atoms. The first kappa shape index (κ1) is 29.6. The Morgan fingerprint density at radius 1 is 0.793 bits per heavy atom. The predicted molar refractivity (Wildman–Crippen MR) is 136 cm³/mol. The van der Waals surface area contributed by atoms with Crippen LogP contribution in [0, 0.1) is 13.8 Å². The topological polar surface area (TPSA) is 0 Å². The number of rotatable bonds is 6. The second kappa shape index (κ2) is 16.3.